The minimum atomic E-state index is -4.09. The van der Waals surface area contributed by atoms with E-state index in [0.29, 0.717) is 12.1 Å². The summed E-state index contributed by atoms with van der Waals surface area (Å²) in [6.07, 6.45) is 1.07. The van der Waals surface area contributed by atoms with Crippen LogP contribution in [0.5, 0.6) is 0 Å². The van der Waals surface area contributed by atoms with Gasteiger partial charge in [-0.25, -0.2) is 0 Å². The maximum atomic E-state index is 9.84. The molecule has 0 aromatic carbocycles. The summed E-state index contributed by atoms with van der Waals surface area (Å²) in [5.74, 6) is 0.542. The van der Waals surface area contributed by atoms with E-state index in [-0.39, 0.29) is 0 Å². The Labute approximate surface area is 46.0 Å². The van der Waals surface area contributed by atoms with Crippen LogP contribution in [0.1, 0.15) is 0 Å². The molecule has 0 bridgehead atoms. The second-order valence-corrected chi connectivity index (χ2v) is 2.54. The summed E-state index contributed by atoms with van der Waals surface area (Å²) in [6, 6.07) is 0. The van der Waals surface area contributed by atoms with Crippen LogP contribution in [-0.2, 0) is 9.36 Å². The van der Waals surface area contributed by atoms with E-state index < -0.39 is 7.60 Å². The molecule has 46 valence electrons. The average Bonchev–Trinajstić information content (AvgIpc) is 1.59. The monoisotopic (exact) mass is 136 g/mol. The fourth-order valence-electron chi connectivity index (χ4n) is 0.147. The largest absolute Gasteiger partial charge is 0.349 e. The minimum absolute atomic E-state index is 0.305. The molecule has 0 radical (unpaired) electrons. The summed E-state index contributed by atoms with van der Waals surface area (Å²) in [6.45, 7) is 0. The molecule has 0 heterocycles. The van der Waals surface area contributed by atoms with E-state index in [0.717, 1.165) is 6.08 Å². The Bertz CT molecular complexity index is 143. The molecule has 0 aromatic heterocycles. The molecule has 0 amide bonds. The summed E-state index contributed by atoms with van der Waals surface area (Å²) in [5.41, 5.74) is 0. The minimum Gasteiger partial charge on any atom is -0.321 e. The van der Waals surface area contributed by atoms with E-state index in [2.05, 4.69) is 0 Å². The molecule has 4 nitrogen and oxygen atoms in total. The highest BCUT2D eigenvalue weighted by Crippen LogP contribution is 2.35. The van der Waals surface area contributed by atoms with Gasteiger partial charge in [0, 0.05) is 5.82 Å². The highest BCUT2D eigenvalue weighted by Gasteiger charge is 2.03. The highest BCUT2D eigenvalue weighted by atomic mass is 31.2. The van der Waals surface area contributed by atoms with Gasteiger partial charge >= 0.3 is 7.60 Å². The van der Waals surface area contributed by atoms with Gasteiger partial charge in [-0.3, -0.25) is 9.36 Å². The van der Waals surface area contributed by atoms with Crippen molar-refractivity contribution in [2.45, 2.75) is 0 Å². The molecule has 0 unspecified atom stereocenters. The first-order valence-electron chi connectivity index (χ1n) is 1.74. The lowest BCUT2D eigenvalue weighted by Gasteiger charge is -1.89. The van der Waals surface area contributed by atoms with Crippen molar-refractivity contribution in [1.82, 2.24) is 0 Å². The summed E-state index contributed by atoms with van der Waals surface area (Å²) < 4.78 is 9.84. The molecule has 8 heavy (non-hydrogen) atoms. The predicted molar refractivity (Wildman–Crippen MR) is 27.2 cm³/mol. The lowest BCUT2D eigenvalue weighted by molar-refractivity contribution is -0.104. The third kappa shape index (κ3) is 5.56. The third-order valence-electron chi connectivity index (χ3n) is 0.359. The van der Waals surface area contributed by atoms with E-state index >= 15 is 0 Å². The molecule has 0 aliphatic heterocycles. The van der Waals surface area contributed by atoms with Gasteiger partial charge in [0.1, 0.15) is 6.29 Å². The molecule has 0 atom stereocenters. The summed E-state index contributed by atoms with van der Waals surface area (Å²) in [7, 11) is -4.09. The number of hydrogen-bond donors (Lipinski definition) is 2. The summed E-state index contributed by atoms with van der Waals surface area (Å²) >= 11 is 0. The van der Waals surface area contributed by atoms with Crippen LogP contribution in [0.25, 0.3) is 0 Å². The first-order valence-corrected chi connectivity index (χ1v) is 3.42. The van der Waals surface area contributed by atoms with Crippen molar-refractivity contribution in [1.29, 1.82) is 0 Å². The standard InChI is InChI=1S/C3H5O4P/c4-2-1-3-8(5,6)7/h1-3H,(H2,5,6,7)/b3-1-. The van der Waals surface area contributed by atoms with E-state index in [1.807, 2.05) is 0 Å². The molecular weight excluding hydrogens is 131 g/mol. The Morgan fingerprint density at radius 3 is 2.00 bits per heavy atom. The van der Waals surface area contributed by atoms with Gasteiger partial charge in [0.05, 0.1) is 0 Å². The van der Waals surface area contributed by atoms with Crippen molar-refractivity contribution in [3.63, 3.8) is 0 Å². The number of allylic oxidation sites excluding steroid dienone is 1. The second kappa shape index (κ2) is 2.77. The van der Waals surface area contributed by atoms with Crippen LogP contribution in [-0.4, -0.2) is 16.1 Å². The number of rotatable bonds is 2. The normalized spacial score (nSPS) is 12.2. The maximum Gasteiger partial charge on any atom is 0.349 e. The van der Waals surface area contributed by atoms with E-state index in [9.17, 15) is 9.36 Å². The van der Waals surface area contributed by atoms with Gasteiger partial charge in [0.2, 0.25) is 0 Å². The van der Waals surface area contributed by atoms with Crippen molar-refractivity contribution in [3.8, 4) is 0 Å². The molecule has 0 aliphatic carbocycles. The Balaban J connectivity index is 3.89. The van der Waals surface area contributed by atoms with Gasteiger partial charge in [-0.1, -0.05) is 0 Å². The zero-order valence-corrected chi connectivity index (χ0v) is 4.78. The van der Waals surface area contributed by atoms with Crippen LogP contribution in [0.2, 0.25) is 0 Å². The average molecular weight is 136 g/mol. The molecule has 0 rings (SSSR count). The van der Waals surface area contributed by atoms with Crippen molar-refractivity contribution in [2.24, 2.45) is 0 Å². The van der Waals surface area contributed by atoms with Gasteiger partial charge in [0.25, 0.3) is 0 Å². The van der Waals surface area contributed by atoms with Gasteiger partial charge < -0.3 is 9.79 Å². The van der Waals surface area contributed by atoms with Crippen LogP contribution in [0.15, 0.2) is 11.9 Å². The third-order valence-corrected chi connectivity index (χ3v) is 0.919. The summed E-state index contributed by atoms with van der Waals surface area (Å²) in [5, 5.41) is 0. The molecule has 2 N–H and O–H groups in total. The predicted octanol–water partition coefficient (Wildman–Crippen LogP) is -0.123. The second-order valence-electron chi connectivity index (χ2n) is 1.07. The molecule has 0 spiro atoms. The fraction of sp³-hybridized carbons (Fsp3) is 0. The van der Waals surface area contributed by atoms with Crippen LogP contribution >= 0.6 is 7.60 Å². The van der Waals surface area contributed by atoms with Gasteiger partial charge in [-0.2, -0.15) is 0 Å². The van der Waals surface area contributed by atoms with E-state index in [1.54, 1.807) is 0 Å². The topological polar surface area (TPSA) is 74.6 Å². The molecule has 0 aromatic rings. The molecule has 0 aliphatic rings. The maximum absolute atomic E-state index is 9.84. The number of carbonyl (C=O) groups excluding carboxylic acids is 1. The zero-order chi connectivity index (χ0) is 6.62. The van der Waals surface area contributed by atoms with Gasteiger partial charge in [-0.05, 0) is 6.08 Å². The SMILES string of the molecule is O=C/C=C\P(=O)(O)O. The number of aldehydes is 1. The van der Waals surface area contributed by atoms with Crippen molar-refractivity contribution < 1.29 is 19.1 Å². The van der Waals surface area contributed by atoms with Gasteiger partial charge in [-0.15, -0.1) is 0 Å². The van der Waals surface area contributed by atoms with Gasteiger partial charge in [0.15, 0.2) is 0 Å². The quantitative estimate of drug-likeness (QED) is 0.315. The smallest absolute Gasteiger partial charge is 0.321 e. The first-order chi connectivity index (χ1) is 3.56. The zero-order valence-electron chi connectivity index (χ0n) is 3.89. The van der Waals surface area contributed by atoms with E-state index in [1.165, 1.54) is 0 Å². The molecule has 0 saturated carbocycles. The molecule has 0 fully saturated rings. The lowest BCUT2D eigenvalue weighted by atomic mass is 10.7. The lowest BCUT2D eigenvalue weighted by Crippen LogP contribution is -1.68. The number of hydrogen-bond acceptors (Lipinski definition) is 2. The highest BCUT2D eigenvalue weighted by molar-refractivity contribution is 7.55. The van der Waals surface area contributed by atoms with Crippen molar-refractivity contribution >= 4 is 13.9 Å². The molecule has 5 heteroatoms. The fourth-order valence-corrected chi connectivity index (χ4v) is 0.442. The summed E-state index contributed by atoms with van der Waals surface area (Å²) in [4.78, 5) is 25.4. The van der Waals surface area contributed by atoms with Crippen molar-refractivity contribution in [2.75, 3.05) is 0 Å². The Morgan fingerprint density at radius 2 is 1.88 bits per heavy atom. The van der Waals surface area contributed by atoms with Crippen LogP contribution < -0.4 is 0 Å². The molecule has 0 saturated heterocycles. The number of carbonyl (C=O) groups is 1. The van der Waals surface area contributed by atoms with Crippen molar-refractivity contribution in [3.05, 3.63) is 11.9 Å². The first kappa shape index (κ1) is 7.56. The van der Waals surface area contributed by atoms with E-state index in [4.69, 9.17) is 9.79 Å². The van der Waals surface area contributed by atoms with Crippen LogP contribution in [0.3, 0.4) is 0 Å². The van der Waals surface area contributed by atoms with Crippen LogP contribution in [0.4, 0.5) is 0 Å². The Hall–Kier alpha value is -0.440. The Morgan fingerprint density at radius 1 is 1.38 bits per heavy atom. The molecular formula is C3H5O4P. The van der Waals surface area contributed by atoms with Crippen LogP contribution in [0, 0.1) is 0 Å². The Kier molecular flexibility index (Phi) is 2.62.